The average Bonchev–Trinajstić information content (AvgIpc) is 2.58. The zero-order valence-electron chi connectivity index (χ0n) is 9.18. The van der Waals surface area contributed by atoms with Gasteiger partial charge in [0.25, 0.3) is 17.8 Å². The monoisotopic (exact) mass is 343 g/mol. The van der Waals surface area contributed by atoms with Crippen molar-refractivity contribution in [1.29, 1.82) is 0 Å². The first-order valence-corrected chi connectivity index (χ1v) is 6.10. The van der Waals surface area contributed by atoms with Gasteiger partial charge in [-0.05, 0) is 0 Å². The second-order valence-corrected chi connectivity index (χ2v) is 4.82. The highest BCUT2D eigenvalue weighted by Gasteiger charge is 2.35. The van der Waals surface area contributed by atoms with Crippen molar-refractivity contribution in [2.24, 2.45) is 0 Å². The van der Waals surface area contributed by atoms with Crippen LogP contribution in [0.25, 0.3) is 0 Å². The summed E-state index contributed by atoms with van der Waals surface area (Å²) in [6.07, 6.45) is 0. The summed E-state index contributed by atoms with van der Waals surface area (Å²) in [4.78, 5) is 31.7. The second-order valence-electron chi connectivity index (χ2n) is 3.31. The van der Waals surface area contributed by atoms with Crippen molar-refractivity contribution in [1.82, 2.24) is 5.32 Å². The fourth-order valence-electron chi connectivity index (χ4n) is 1.29. The first-order chi connectivity index (χ1) is 8.68. The average molecular weight is 345 g/mol. The molecule has 0 aliphatic carbocycles. The van der Waals surface area contributed by atoms with Gasteiger partial charge < -0.3 is 5.11 Å². The van der Waals surface area contributed by atoms with Crippen LogP contribution in [0.2, 0.25) is 20.1 Å². The lowest BCUT2D eigenvalue weighted by atomic mass is 10.1. The van der Waals surface area contributed by atoms with Gasteiger partial charge >= 0.3 is 0 Å². The van der Waals surface area contributed by atoms with Gasteiger partial charge in [0.1, 0.15) is 0 Å². The van der Waals surface area contributed by atoms with E-state index in [1.807, 2.05) is 0 Å². The fourth-order valence-corrected chi connectivity index (χ4v) is 2.31. The predicted octanol–water partition coefficient (Wildman–Crippen LogP) is 3.27. The molecule has 19 heavy (non-hydrogen) atoms. The molecule has 0 saturated heterocycles. The number of carboxylic acids is 1. The first-order valence-electron chi connectivity index (χ1n) is 4.59. The van der Waals surface area contributed by atoms with Gasteiger partial charge in [0.05, 0.1) is 31.2 Å². The van der Waals surface area contributed by atoms with Crippen LogP contribution in [0.4, 0.5) is 0 Å². The standard InChI is InChI=1S/C8HCl4NO2.C2H4O2/c9-3-1-2(8(15)13-7(1)14)4(10)6(12)5(3)11;1-2(3)4/h(H,13,14,15);1H3,(H,3,4). The molecule has 2 rings (SSSR count). The molecule has 0 fully saturated rings. The van der Waals surface area contributed by atoms with E-state index in [0.29, 0.717) is 0 Å². The molecular weight excluding hydrogens is 340 g/mol. The number of rotatable bonds is 0. The summed E-state index contributed by atoms with van der Waals surface area (Å²) >= 11 is 23.1. The minimum absolute atomic E-state index is 0.0268. The molecule has 1 aromatic carbocycles. The molecule has 1 aliphatic heterocycles. The maximum atomic E-state index is 11.3. The highest BCUT2D eigenvalue weighted by Crippen LogP contribution is 2.42. The fraction of sp³-hybridized carbons (Fsp3) is 0.100. The molecule has 102 valence electrons. The molecule has 0 bridgehead atoms. The third-order valence-electron chi connectivity index (χ3n) is 1.95. The molecule has 0 atom stereocenters. The normalized spacial score (nSPS) is 12.5. The molecular formula is C10H5Cl4NO4. The van der Waals surface area contributed by atoms with Crippen molar-refractivity contribution in [3.63, 3.8) is 0 Å². The van der Waals surface area contributed by atoms with Crippen LogP contribution in [0.15, 0.2) is 0 Å². The lowest BCUT2D eigenvalue weighted by Gasteiger charge is -2.06. The third kappa shape index (κ3) is 3.12. The van der Waals surface area contributed by atoms with Gasteiger partial charge in [-0.1, -0.05) is 46.4 Å². The van der Waals surface area contributed by atoms with E-state index in [-0.39, 0.29) is 31.2 Å². The van der Waals surface area contributed by atoms with E-state index in [9.17, 15) is 9.59 Å². The topological polar surface area (TPSA) is 83.5 Å². The predicted molar refractivity (Wildman–Crippen MR) is 71.6 cm³/mol. The Hall–Kier alpha value is -1.01. The number of carbonyl (C=O) groups excluding carboxylic acids is 2. The smallest absolute Gasteiger partial charge is 0.300 e. The zero-order chi connectivity index (χ0) is 14.9. The summed E-state index contributed by atoms with van der Waals surface area (Å²) in [5.41, 5.74) is -0.0536. The number of nitrogens with one attached hydrogen (secondary N) is 1. The molecule has 0 saturated carbocycles. The van der Waals surface area contributed by atoms with Gasteiger partial charge in [-0.3, -0.25) is 19.7 Å². The van der Waals surface area contributed by atoms with Crippen molar-refractivity contribution < 1.29 is 19.5 Å². The molecule has 2 amide bonds. The Bertz CT molecular complexity index is 551. The quantitative estimate of drug-likeness (QED) is 0.430. The third-order valence-corrected chi connectivity index (χ3v) is 3.75. The number of benzene rings is 1. The van der Waals surface area contributed by atoms with Crippen LogP contribution in [-0.4, -0.2) is 22.9 Å². The molecule has 2 N–H and O–H groups in total. The summed E-state index contributed by atoms with van der Waals surface area (Å²) in [6, 6.07) is 0. The lowest BCUT2D eigenvalue weighted by molar-refractivity contribution is -0.134. The molecule has 9 heteroatoms. The van der Waals surface area contributed by atoms with Crippen LogP contribution in [0.1, 0.15) is 27.6 Å². The Balaban J connectivity index is 0.000000399. The Morgan fingerprint density at radius 3 is 1.42 bits per heavy atom. The number of amides is 2. The molecule has 1 aromatic rings. The van der Waals surface area contributed by atoms with E-state index >= 15 is 0 Å². The van der Waals surface area contributed by atoms with Crippen LogP contribution in [0.5, 0.6) is 0 Å². The van der Waals surface area contributed by atoms with Gasteiger partial charge in [-0.2, -0.15) is 0 Å². The van der Waals surface area contributed by atoms with Crippen molar-refractivity contribution in [2.45, 2.75) is 6.92 Å². The van der Waals surface area contributed by atoms with Crippen LogP contribution in [0.3, 0.4) is 0 Å². The van der Waals surface area contributed by atoms with E-state index in [1.54, 1.807) is 0 Å². The van der Waals surface area contributed by atoms with E-state index in [4.69, 9.17) is 56.3 Å². The van der Waals surface area contributed by atoms with Crippen LogP contribution < -0.4 is 5.32 Å². The number of halogens is 4. The highest BCUT2D eigenvalue weighted by molar-refractivity contribution is 6.55. The molecule has 0 radical (unpaired) electrons. The van der Waals surface area contributed by atoms with Crippen LogP contribution in [0, 0.1) is 0 Å². The number of carboxylic acid groups (broad SMARTS) is 1. The number of aliphatic carboxylic acids is 1. The van der Waals surface area contributed by atoms with E-state index in [1.165, 1.54) is 0 Å². The Labute approximate surface area is 127 Å². The van der Waals surface area contributed by atoms with Crippen molar-refractivity contribution in [2.75, 3.05) is 0 Å². The summed E-state index contributed by atoms with van der Waals surface area (Å²) in [7, 11) is 0. The maximum Gasteiger partial charge on any atom is 0.300 e. The molecule has 0 aromatic heterocycles. The Kier molecular flexibility index (Phi) is 5.04. The first kappa shape index (κ1) is 16.0. The molecule has 0 unspecified atom stereocenters. The summed E-state index contributed by atoms with van der Waals surface area (Å²) in [5.74, 6) is -2.08. The van der Waals surface area contributed by atoms with Gasteiger partial charge in [-0.15, -0.1) is 0 Å². The number of imide groups is 1. The zero-order valence-corrected chi connectivity index (χ0v) is 12.2. The second kappa shape index (κ2) is 5.96. The molecule has 1 aliphatic rings. The largest absolute Gasteiger partial charge is 0.481 e. The van der Waals surface area contributed by atoms with Crippen molar-refractivity contribution in [3.8, 4) is 0 Å². The highest BCUT2D eigenvalue weighted by atomic mass is 35.5. The van der Waals surface area contributed by atoms with Crippen LogP contribution in [-0.2, 0) is 4.79 Å². The van der Waals surface area contributed by atoms with Gasteiger partial charge in [0.15, 0.2) is 0 Å². The van der Waals surface area contributed by atoms with E-state index in [2.05, 4.69) is 5.32 Å². The summed E-state index contributed by atoms with van der Waals surface area (Å²) < 4.78 is 0. The van der Waals surface area contributed by atoms with Gasteiger partial charge in [0.2, 0.25) is 0 Å². The Morgan fingerprint density at radius 1 is 0.895 bits per heavy atom. The van der Waals surface area contributed by atoms with Gasteiger partial charge in [-0.25, -0.2) is 0 Å². The minimum atomic E-state index is -0.833. The van der Waals surface area contributed by atoms with Crippen molar-refractivity contribution >= 4 is 64.2 Å². The minimum Gasteiger partial charge on any atom is -0.481 e. The number of hydrogen-bond donors (Lipinski definition) is 2. The van der Waals surface area contributed by atoms with Gasteiger partial charge in [0, 0.05) is 6.92 Å². The number of fused-ring (bicyclic) bond motifs is 1. The molecule has 1 heterocycles. The lowest BCUT2D eigenvalue weighted by Crippen LogP contribution is -2.20. The number of carbonyl (C=O) groups is 3. The summed E-state index contributed by atoms with van der Waals surface area (Å²) in [5, 5.41) is 9.27. The number of hydrogen-bond acceptors (Lipinski definition) is 3. The summed E-state index contributed by atoms with van der Waals surface area (Å²) in [6.45, 7) is 1.08. The SMILES string of the molecule is CC(=O)O.O=C1NC(=O)c2c(Cl)c(Cl)c(Cl)c(Cl)c21. The molecule has 5 nitrogen and oxygen atoms in total. The maximum absolute atomic E-state index is 11.3. The van der Waals surface area contributed by atoms with Crippen molar-refractivity contribution in [3.05, 3.63) is 31.2 Å². The Morgan fingerprint density at radius 2 is 1.16 bits per heavy atom. The van der Waals surface area contributed by atoms with E-state index in [0.717, 1.165) is 6.92 Å². The molecule has 0 spiro atoms. The van der Waals surface area contributed by atoms with E-state index < -0.39 is 17.8 Å². The van der Waals surface area contributed by atoms with Crippen LogP contribution >= 0.6 is 46.4 Å².